The summed E-state index contributed by atoms with van der Waals surface area (Å²) < 4.78 is 16.8. The van der Waals surface area contributed by atoms with Crippen LogP contribution in [0.15, 0.2) is 73.3 Å². The number of imidazole rings is 1. The number of hydrogen-bond acceptors (Lipinski definition) is 4. The zero-order chi connectivity index (χ0) is 20.1. The van der Waals surface area contributed by atoms with Gasteiger partial charge in [-0.15, -0.1) is 0 Å². The lowest BCUT2D eigenvalue weighted by molar-refractivity contribution is -0.114. The predicted molar refractivity (Wildman–Crippen MR) is 114 cm³/mol. The molecule has 0 aliphatic rings. The molecule has 2 heterocycles. The number of hydrogen-bond donors (Lipinski definition) is 0. The molecule has 2 aromatic heterocycles. The normalized spacial score (nSPS) is 11.3. The van der Waals surface area contributed by atoms with Gasteiger partial charge in [-0.3, -0.25) is 9.69 Å². The van der Waals surface area contributed by atoms with Gasteiger partial charge in [0.2, 0.25) is 0 Å². The Kier molecular flexibility index (Phi) is 5.76. The number of para-hydroxylation sites is 1. The van der Waals surface area contributed by atoms with E-state index in [1.165, 1.54) is 23.5 Å². The maximum absolute atomic E-state index is 14.1. The number of thiazole rings is 1. The highest BCUT2D eigenvalue weighted by atomic mass is 32.1. The van der Waals surface area contributed by atoms with E-state index < -0.39 is 0 Å². The van der Waals surface area contributed by atoms with E-state index in [1.54, 1.807) is 29.6 Å². The van der Waals surface area contributed by atoms with Gasteiger partial charge in [-0.1, -0.05) is 47.7 Å². The predicted octanol–water partition coefficient (Wildman–Crippen LogP) is 4.77. The lowest BCUT2D eigenvalue weighted by Gasteiger charge is -2.18. The van der Waals surface area contributed by atoms with Gasteiger partial charge < -0.3 is 4.57 Å². The maximum atomic E-state index is 14.1. The maximum Gasteiger partial charge on any atom is 0.252 e. The average Bonchev–Trinajstić information content (AvgIpc) is 3.41. The molecule has 146 valence electrons. The summed E-state index contributed by atoms with van der Waals surface area (Å²) in [6, 6.07) is 14.5. The highest BCUT2D eigenvalue weighted by Gasteiger charge is 2.19. The third kappa shape index (κ3) is 4.57. The minimum atomic E-state index is -0.379. The van der Waals surface area contributed by atoms with Crippen molar-refractivity contribution in [2.45, 2.75) is 13.0 Å². The summed E-state index contributed by atoms with van der Waals surface area (Å²) in [5, 5.41) is 0.499. The van der Waals surface area contributed by atoms with Gasteiger partial charge in [0.1, 0.15) is 11.3 Å². The average molecular weight is 406 g/mol. The molecule has 0 N–H and O–H groups in total. The van der Waals surface area contributed by atoms with Crippen molar-refractivity contribution < 1.29 is 9.18 Å². The summed E-state index contributed by atoms with van der Waals surface area (Å²) in [4.78, 5) is 23.0. The number of aryl methyl sites for hydroxylation is 1. The molecule has 0 atom stereocenters. The van der Waals surface area contributed by atoms with Gasteiger partial charge in [-0.05, 0) is 30.2 Å². The number of carbonyl (C=O) groups excluding carboxylic acids is 1. The number of amides is 1. The van der Waals surface area contributed by atoms with Crippen LogP contribution < -0.4 is 4.90 Å². The molecule has 0 fully saturated rings. The van der Waals surface area contributed by atoms with Gasteiger partial charge in [0.05, 0.1) is 11.0 Å². The molecule has 0 radical (unpaired) electrons. The number of rotatable bonds is 7. The Morgan fingerprint density at radius 2 is 2.03 bits per heavy atom. The first-order chi connectivity index (χ1) is 14.2. The fourth-order valence-corrected chi connectivity index (χ4v) is 3.98. The van der Waals surface area contributed by atoms with Crippen molar-refractivity contribution in [1.29, 1.82) is 0 Å². The molecular weight excluding hydrogens is 387 g/mol. The van der Waals surface area contributed by atoms with Crippen LogP contribution in [-0.2, 0) is 11.3 Å². The van der Waals surface area contributed by atoms with Gasteiger partial charge in [-0.2, -0.15) is 0 Å². The molecule has 0 bridgehead atoms. The van der Waals surface area contributed by atoms with Crippen LogP contribution >= 0.6 is 11.3 Å². The lowest BCUT2D eigenvalue weighted by atomic mass is 10.2. The van der Waals surface area contributed by atoms with Crippen molar-refractivity contribution in [3.8, 4) is 0 Å². The van der Waals surface area contributed by atoms with Crippen molar-refractivity contribution in [2.24, 2.45) is 0 Å². The van der Waals surface area contributed by atoms with E-state index in [2.05, 4.69) is 9.97 Å². The lowest BCUT2D eigenvalue weighted by Crippen LogP contribution is -2.30. The largest absolute Gasteiger partial charge is 0.337 e. The molecule has 0 aliphatic carbocycles. The van der Waals surface area contributed by atoms with Gasteiger partial charge in [0.15, 0.2) is 5.13 Å². The molecular formula is C22H19FN4OS. The Morgan fingerprint density at radius 3 is 2.79 bits per heavy atom. The quantitative estimate of drug-likeness (QED) is 0.416. The second-order valence-electron chi connectivity index (χ2n) is 6.47. The summed E-state index contributed by atoms with van der Waals surface area (Å²) in [5.74, 6) is -0.561. The topological polar surface area (TPSA) is 51.0 Å². The highest BCUT2D eigenvalue weighted by Crippen LogP contribution is 2.30. The third-order valence-electron chi connectivity index (χ3n) is 4.43. The number of fused-ring (bicyclic) bond motifs is 1. The Labute approximate surface area is 171 Å². The summed E-state index contributed by atoms with van der Waals surface area (Å²) in [6.07, 6.45) is 9.39. The molecule has 0 saturated carbocycles. The second-order valence-corrected chi connectivity index (χ2v) is 7.48. The van der Waals surface area contributed by atoms with E-state index >= 15 is 0 Å². The zero-order valence-electron chi connectivity index (χ0n) is 15.6. The fourth-order valence-electron chi connectivity index (χ4n) is 2.97. The first-order valence-corrected chi connectivity index (χ1v) is 10.1. The molecule has 1 amide bonds. The van der Waals surface area contributed by atoms with Crippen molar-refractivity contribution in [3.63, 3.8) is 0 Å². The van der Waals surface area contributed by atoms with Crippen molar-refractivity contribution in [3.05, 3.63) is 84.7 Å². The van der Waals surface area contributed by atoms with Gasteiger partial charge in [0, 0.05) is 31.6 Å². The molecule has 5 nitrogen and oxygen atoms in total. The van der Waals surface area contributed by atoms with Crippen molar-refractivity contribution >= 4 is 38.7 Å². The molecule has 0 saturated heterocycles. The number of carbonyl (C=O) groups is 1. The molecule has 0 unspecified atom stereocenters. The molecule has 7 heteroatoms. The van der Waals surface area contributed by atoms with Gasteiger partial charge in [-0.25, -0.2) is 14.4 Å². The monoisotopic (exact) mass is 406 g/mol. The van der Waals surface area contributed by atoms with Crippen LogP contribution in [0.1, 0.15) is 12.0 Å². The van der Waals surface area contributed by atoms with E-state index in [0.717, 1.165) is 23.2 Å². The third-order valence-corrected chi connectivity index (χ3v) is 5.47. The number of anilines is 1. The van der Waals surface area contributed by atoms with Crippen LogP contribution in [0.3, 0.4) is 0 Å². The van der Waals surface area contributed by atoms with Crippen LogP contribution in [-0.4, -0.2) is 27.0 Å². The van der Waals surface area contributed by atoms with E-state index in [-0.39, 0.29) is 11.7 Å². The molecule has 4 rings (SSSR count). The zero-order valence-corrected chi connectivity index (χ0v) is 16.4. The molecule has 0 aliphatic heterocycles. The summed E-state index contributed by atoms with van der Waals surface area (Å²) in [6.45, 7) is 1.20. The molecule has 0 spiro atoms. The first kappa shape index (κ1) is 19.0. The summed E-state index contributed by atoms with van der Waals surface area (Å²) in [5.41, 5.74) is 1.24. The van der Waals surface area contributed by atoms with Gasteiger partial charge >= 0.3 is 0 Å². The first-order valence-electron chi connectivity index (χ1n) is 9.26. The van der Waals surface area contributed by atoms with Crippen LogP contribution in [0.25, 0.3) is 16.3 Å². The minimum absolute atomic E-state index is 0.182. The van der Waals surface area contributed by atoms with Gasteiger partial charge in [0.25, 0.3) is 5.91 Å². The van der Waals surface area contributed by atoms with E-state index in [0.29, 0.717) is 17.2 Å². The number of halogens is 1. The van der Waals surface area contributed by atoms with Crippen LogP contribution in [0.5, 0.6) is 0 Å². The van der Waals surface area contributed by atoms with Crippen LogP contribution in [0, 0.1) is 5.82 Å². The van der Waals surface area contributed by atoms with Crippen LogP contribution in [0.4, 0.5) is 9.52 Å². The Morgan fingerprint density at radius 1 is 1.17 bits per heavy atom. The number of benzene rings is 2. The Balaban J connectivity index is 1.57. The number of nitrogens with zero attached hydrogens (tertiary/aromatic N) is 4. The smallest absolute Gasteiger partial charge is 0.252 e. The fraction of sp³-hybridized carbons (Fsp3) is 0.136. The van der Waals surface area contributed by atoms with Crippen molar-refractivity contribution in [2.75, 3.05) is 11.4 Å². The summed E-state index contributed by atoms with van der Waals surface area (Å²) >= 11 is 1.32. The Hall–Kier alpha value is -3.32. The highest BCUT2D eigenvalue weighted by molar-refractivity contribution is 7.22. The SMILES string of the molecule is O=C(/C=C/c1ccccc1)N(CCCn1ccnc1)c1nc2c(F)cccc2s1. The number of aromatic nitrogens is 3. The van der Waals surface area contributed by atoms with E-state index in [9.17, 15) is 9.18 Å². The molecule has 2 aromatic carbocycles. The Bertz CT molecular complexity index is 1120. The second kappa shape index (κ2) is 8.79. The van der Waals surface area contributed by atoms with Crippen LogP contribution in [0.2, 0.25) is 0 Å². The van der Waals surface area contributed by atoms with Crippen molar-refractivity contribution in [1.82, 2.24) is 14.5 Å². The molecule has 29 heavy (non-hydrogen) atoms. The summed E-state index contributed by atoms with van der Waals surface area (Å²) in [7, 11) is 0. The standard InChI is InChI=1S/C22H19FN4OS/c23-18-8-4-9-19-21(18)25-22(29-19)27(14-5-13-26-15-12-24-16-26)20(28)11-10-17-6-2-1-3-7-17/h1-4,6-12,15-16H,5,13-14H2/b11-10+. The van der Waals surface area contributed by atoms with E-state index in [1.807, 2.05) is 47.2 Å². The molecule has 4 aromatic rings. The minimum Gasteiger partial charge on any atom is -0.337 e. The van der Waals surface area contributed by atoms with E-state index in [4.69, 9.17) is 0 Å².